The van der Waals surface area contributed by atoms with E-state index in [9.17, 15) is 13.6 Å². The molecule has 84 valence electrons. The van der Waals surface area contributed by atoms with Gasteiger partial charge in [0.25, 0.3) is 5.91 Å². The minimum atomic E-state index is -2.93. The smallest absolute Gasteiger partial charge is 0.315 e. The van der Waals surface area contributed by atoms with Crippen molar-refractivity contribution in [3.05, 3.63) is 0 Å². The van der Waals surface area contributed by atoms with Crippen LogP contribution < -0.4 is 5.32 Å². The lowest BCUT2D eigenvalue weighted by Gasteiger charge is -2.15. The van der Waals surface area contributed by atoms with E-state index in [1.807, 2.05) is 11.9 Å². The number of alkyl halides is 2. The first-order valence-corrected chi connectivity index (χ1v) is 4.31. The highest BCUT2D eigenvalue weighted by atomic mass is 19.3. The van der Waals surface area contributed by atoms with Gasteiger partial charge in [-0.25, -0.2) is 0 Å². The molecule has 0 spiro atoms. The Morgan fingerprint density at radius 3 is 2.64 bits per heavy atom. The van der Waals surface area contributed by atoms with Crippen molar-refractivity contribution in [2.45, 2.75) is 6.43 Å². The fourth-order valence-corrected chi connectivity index (χ4v) is 0.806. The molecule has 0 aliphatic carbocycles. The summed E-state index contributed by atoms with van der Waals surface area (Å²) in [6.45, 7) is 2.05. The van der Waals surface area contributed by atoms with Crippen molar-refractivity contribution in [1.82, 2.24) is 10.2 Å². The number of nitrogens with one attached hydrogen (secondary N) is 1. The van der Waals surface area contributed by atoms with Gasteiger partial charge in [-0.2, -0.15) is 8.78 Å². The summed E-state index contributed by atoms with van der Waals surface area (Å²) in [7, 11) is 3.42. The average Bonchev–Trinajstić information content (AvgIpc) is 2.14. The van der Waals surface area contributed by atoms with Gasteiger partial charge in [0.05, 0.1) is 6.61 Å². The molecule has 0 fully saturated rings. The fraction of sp³-hybridized carbons (Fsp3) is 0.875. The van der Waals surface area contributed by atoms with Crippen LogP contribution in [0.4, 0.5) is 8.78 Å². The van der Waals surface area contributed by atoms with Crippen LogP contribution in [-0.2, 0) is 9.53 Å². The summed E-state index contributed by atoms with van der Waals surface area (Å²) in [5, 5.41) is 2.12. The Labute approximate surface area is 82.2 Å². The second-order valence-corrected chi connectivity index (χ2v) is 2.89. The van der Waals surface area contributed by atoms with Crippen LogP contribution in [0.5, 0.6) is 0 Å². The van der Waals surface area contributed by atoms with Gasteiger partial charge in [0.15, 0.2) is 0 Å². The molecule has 0 atom stereocenters. The highest BCUT2D eigenvalue weighted by molar-refractivity contribution is 5.78. The summed E-state index contributed by atoms with van der Waals surface area (Å²) in [5.74, 6) is -1.22. The number of amides is 1. The molecule has 0 aromatic carbocycles. The van der Waals surface area contributed by atoms with Crippen LogP contribution in [0, 0.1) is 0 Å². The molecule has 0 saturated heterocycles. The summed E-state index contributed by atoms with van der Waals surface area (Å²) in [5.41, 5.74) is 0. The van der Waals surface area contributed by atoms with Gasteiger partial charge in [0, 0.05) is 26.7 Å². The molecule has 1 amide bonds. The van der Waals surface area contributed by atoms with Crippen LogP contribution in [0.1, 0.15) is 0 Å². The van der Waals surface area contributed by atoms with Crippen LogP contribution in [0.2, 0.25) is 0 Å². The second-order valence-electron chi connectivity index (χ2n) is 2.89. The first-order valence-electron chi connectivity index (χ1n) is 4.31. The van der Waals surface area contributed by atoms with E-state index in [2.05, 4.69) is 5.32 Å². The minimum Gasteiger partial charge on any atom is -0.383 e. The number of methoxy groups -OCH3 is 1. The van der Waals surface area contributed by atoms with Gasteiger partial charge in [0.2, 0.25) is 0 Å². The number of likely N-dealkylation sites (N-methyl/N-ethyl adjacent to an activating group) is 1. The monoisotopic (exact) mass is 210 g/mol. The maximum atomic E-state index is 11.7. The third-order valence-corrected chi connectivity index (χ3v) is 1.67. The number of halogens is 2. The van der Waals surface area contributed by atoms with Crippen LogP contribution >= 0.6 is 0 Å². The maximum Gasteiger partial charge on any atom is 0.315 e. The molecule has 0 radical (unpaired) electrons. The average molecular weight is 210 g/mol. The second kappa shape index (κ2) is 7.64. The van der Waals surface area contributed by atoms with E-state index < -0.39 is 12.3 Å². The Morgan fingerprint density at radius 1 is 1.50 bits per heavy atom. The predicted molar refractivity (Wildman–Crippen MR) is 48.4 cm³/mol. The SMILES string of the molecule is COCCN(C)CCNC(=O)C(F)F. The number of carbonyl (C=O) groups excluding carboxylic acids is 1. The molecule has 4 nitrogen and oxygen atoms in total. The number of nitrogens with zero attached hydrogens (tertiary/aromatic N) is 1. The van der Waals surface area contributed by atoms with Crippen molar-refractivity contribution in [3.8, 4) is 0 Å². The molecule has 0 rings (SSSR count). The van der Waals surface area contributed by atoms with Crippen molar-refractivity contribution in [2.75, 3.05) is 40.4 Å². The van der Waals surface area contributed by atoms with Gasteiger partial charge in [-0.1, -0.05) is 0 Å². The number of rotatable bonds is 7. The minimum absolute atomic E-state index is 0.226. The Bertz CT molecular complexity index is 167. The molecule has 0 aliphatic heterocycles. The van der Waals surface area contributed by atoms with Crippen LogP contribution in [-0.4, -0.2) is 57.6 Å². The molecule has 0 aliphatic rings. The summed E-state index contributed by atoms with van der Waals surface area (Å²) in [4.78, 5) is 12.3. The summed E-state index contributed by atoms with van der Waals surface area (Å²) in [6.07, 6.45) is -2.93. The first-order chi connectivity index (χ1) is 6.57. The zero-order valence-corrected chi connectivity index (χ0v) is 8.43. The van der Waals surface area contributed by atoms with E-state index in [1.165, 1.54) is 0 Å². The molecule has 0 bridgehead atoms. The molecule has 0 saturated carbocycles. The van der Waals surface area contributed by atoms with Crippen LogP contribution in [0.25, 0.3) is 0 Å². The first kappa shape index (κ1) is 13.2. The van der Waals surface area contributed by atoms with E-state index in [4.69, 9.17) is 4.74 Å². The molecule has 6 heteroatoms. The van der Waals surface area contributed by atoms with Gasteiger partial charge in [0.1, 0.15) is 0 Å². The molecule has 0 aromatic heterocycles. The molecule has 1 N–H and O–H groups in total. The van der Waals surface area contributed by atoms with E-state index in [-0.39, 0.29) is 6.54 Å². The summed E-state index contributed by atoms with van der Waals surface area (Å²) >= 11 is 0. The number of hydrogen-bond donors (Lipinski definition) is 1. The molecular weight excluding hydrogens is 194 g/mol. The van der Waals surface area contributed by atoms with Crippen molar-refractivity contribution in [1.29, 1.82) is 0 Å². The Kier molecular flexibility index (Phi) is 7.23. The van der Waals surface area contributed by atoms with Crippen LogP contribution in [0.15, 0.2) is 0 Å². The lowest BCUT2D eigenvalue weighted by molar-refractivity contribution is -0.131. The highest BCUT2D eigenvalue weighted by Crippen LogP contribution is 1.90. The summed E-state index contributed by atoms with van der Waals surface area (Å²) < 4.78 is 28.2. The number of carbonyl (C=O) groups is 1. The molecular formula is C8H16F2N2O2. The van der Waals surface area contributed by atoms with Gasteiger partial charge in [-0.3, -0.25) is 4.79 Å². The Morgan fingerprint density at radius 2 is 2.14 bits per heavy atom. The quantitative estimate of drug-likeness (QED) is 0.640. The largest absolute Gasteiger partial charge is 0.383 e. The third-order valence-electron chi connectivity index (χ3n) is 1.67. The molecule has 14 heavy (non-hydrogen) atoms. The molecule has 0 aromatic rings. The van der Waals surface area contributed by atoms with E-state index in [1.54, 1.807) is 7.11 Å². The highest BCUT2D eigenvalue weighted by Gasteiger charge is 2.13. The van der Waals surface area contributed by atoms with Crippen molar-refractivity contribution >= 4 is 5.91 Å². The zero-order chi connectivity index (χ0) is 11.0. The molecule has 0 unspecified atom stereocenters. The van der Waals surface area contributed by atoms with Crippen molar-refractivity contribution in [3.63, 3.8) is 0 Å². The maximum absolute atomic E-state index is 11.7. The normalized spacial score (nSPS) is 11.0. The standard InChI is InChI=1S/C8H16F2N2O2/c1-12(5-6-14-2)4-3-11-8(13)7(9)10/h7H,3-6H2,1-2H3,(H,11,13). The van der Waals surface area contributed by atoms with Gasteiger partial charge < -0.3 is 15.0 Å². The molecule has 0 heterocycles. The number of ether oxygens (including phenoxy) is 1. The lowest BCUT2D eigenvalue weighted by atomic mass is 10.5. The van der Waals surface area contributed by atoms with Gasteiger partial charge in [-0.15, -0.1) is 0 Å². The van der Waals surface area contributed by atoms with Crippen LogP contribution in [0.3, 0.4) is 0 Å². The predicted octanol–water partition coefficient (Wildman–Crippen LogP) is -0.0541. The fourth-order valence-electron chi connectivity index (χ4n) is 0.806. The van der Waals surface area contributed by atoms with E-state index >= 15 is 0 Å². The topological polar surface area (TPSA) is 41.6 Å². The third kappa shape index (κ3) is 6.73. The van der Waals surface area contributed by atoms with E-state index in [0.29, 0.717) is 19.7 Å². The van der Waals surface area contributed by atoms with E-state index in [0.717, 1.165) is 0 Å². The number of hydrogen-bond acceptors (Lipinski definition) is 3. The van der Waals surface area contributed by atoms with Crippen molar-refractivity contribution < 1.29 is 18.3 Å². The van der Waals surface area contributed by atoms with Gasteiger partial charge >= 0.3 is 6.43 Å². The van der Waals surface area contributed by atoms with Gasteiger partial charge in [-0.05, 0) is 7.05 Å². The Hall–Kier alpha value is -0.750. The Balaban J connectivity index is 3.39. The zero-order valence-electron chi connectivity index (χ0n) is 8.43. The summed E-state index contributed by atoms with van der Waals surface area (Å²) in [6, 6.07) is 0. The van der Waals surface area contributed by atoms with Crippen molar-refractivity contribution in [2.24, 2.45) is 0 Å². The lowest BCUT2D eigenvalue weighted by Crippen LogP contribution is -2.36.